The highest BCUT2D eigenvalue weighted by atomic mass is 16.3. The van der Waals surface area contributed by atoms with Crippen LogP contribution in [0.5, 0.6) is 0 Å². The van der Waals surface area contributed by atoms with Gasteiger partial charge in [-0.1, -0.05) is 0 Å². The monoisotopic (exact) mass is 249 g/mol. The van der Waals surface area contributed by atoms with E-state index in [1.165, 1.54) is 0 Å². The van der Waals surface area contributed by atoms with Gasteiger partial charge in [0.2, 0.25) is 5.91 Å². The molecule has 1 amide bonds. The lowest BCUT2D eigenvalue weighted by Crippen LogP contribution is -2.36. The molecule has 18 heavy (non-hydrogen) atoms. The predicted molar refractivity (Wildman–Crippen MR) is 72.8 cm³/mol. The van der Waals surface area contributed by atoms with Crippen molar-refractivity contribution in [3.8, 4) is 0 Å². The minimum Gasteiger partial charge on any atom is -0.397 e. The smallest absolute Gasteiger partial charge is 0.228 e. The molecule has 2 rings (SSSR count). The van der Waals surface area contributed by atoms with Crippen molar-refractivity contribution < 1.29 is 9.90 Å². The minimum absolute atomic E-state index is 0.00769. The second kappa shape index (κ2) is 4.17. The van der Waals surface area contributed by atoms with Gasteiger partial charge in [0.05, 0.1) is 23.4 Å². The Morgan fingerprint density at radius 1 is 1.50 bits per heavy atom. The number of amides is 1. The molecule has 0 bridgehead atoms. The number of likely N-dealkylation sites (N-methyl/N-ethyl adjacent to an activating group) is 1. The first-order valence-corrected chi connectivity index (χ1v) is 5.92. The molecule has 4 N–H and O–H groups in total. The maximum absolute atomic E-state index is 11.3. The maximum Gasteiger partial charge on any atom is 0.228 e. The van der Waals surface area contributed by atoms with Gasteiger partial charge in [-0.15, -0.1) is 0 Å². The van der Waals surface area contributed by atoms with Crippen molar-refractivity contribution in [2.24, 2.45) is 0 Å². The highest BCUT2D eigenvalue weighted by Crippen LogP contribution is 2.33. The summed E-state index contributed by atoms with van der Waals surface area (Å²) in [6, 6.07) is 3.69. The summed E-state index contributed by atoms with van der Waals surface area (Å²) in [5.74, 6) is -0.00769. The van der Waals surface area contributed by atoms with E-state index < -0.39 is 5.60 Å². The fourth-order valence-corrected chi connectivity index (χ4v) is 2.28. The lowest BCUT2D eigenvalue weighted by molar-refractivity contribution is -0.115. The van der Waals surface area contributed by atoms with Crippen LogP contribution in [0.4, 0.5) is 17.1 Å². The number of hydrogen-bond acceptors (Lipinski definition) is 4. The van der Waals surface area contributed by atoms with Crippen LogP contribution in [0, 0.1) is 0 Å². The number of benzene rings is 1. The third kappa shape index (κ3) is 2.56. The summed E-state index contributed by atoms with van der Waals surface area (Å²) in [5, 5.41) is 12.6. The summed E-state index contributed by atoms with van der Waals surface area (Å²) in [7, 11) is 1.87. The number of nitrogens with zero attached hydrogens (tertiary/aromatic N) is 1. The molecule has 5 heteroatoms. The molecule has 1 aromatic rings. The zero-order valence-electron chi connectivity index (χ0n) is 10.9. The number of nitrogens with one attached hydrogen (secondary N) is 1. The number of rotatable bonds is 3. The lowest BCUT2D eigenvalue weighted by Gasteiger charge is -2.28. The van der Waals surface area contributed by atoms with Gasteiger partial charge >= 0.3 is 0 Å². The molecule has 5 nitrogen and oxygen atoms in total. The van der Waals surface area contributed by atoms with Gasteiger partial charge in [-0.3, -0.25) is 4.79 Å². The standard InChI is InChI=1S/C13H19N3O2/c1-13(2,18)7-16(3)11-6-10-8(4-9(11)14)5-12(17)15-10/h4,6,18H,5,7,14H2,1-3H3,(H,15,17). The van der Waals surface area contributed by atoms with Gasteiger partial charge in [0.15, 0.2) is 0 Å². The number of anilines is 3. The van der Waals surface area contributed by atoms with Crippen LogP contribution in [0.15, 0.2) is 12.1 Å². The quantitative estimate of drug-likeness (QED) is 0.697. The summed E-state index contributed by atoms with van der Waals surface area (Å²) < 4.78 is 0. The zero-order chi connectivity index (χ0) is 13.5. The number of nitrogen functional groups attached to an aromatic ring is 1. The summed E-state index contributed by atoms with van der Waals surface area (Å²) in [5.41, 5.74) is 8.37. The largest absolute Gasteiger partial charge is 0.397 e. The van der Waals surface area contributed by atoms with Crippen LogP contribution < -0.4 is 16.0 Å². The van der Waals surface area contributed by atoms with Crippen molar-refractivity contribution >= 4 is 23.0 Å². The number of carbonyl (C=O) groups is 1. The molecular formula is C13H19N3O2. The second-order valence-electron chi connectivity index (χ2n) is 5.46. The SMILES string of the molecule is CN(CC(C)(C)O)c1cc2c(cc1N)CC(=O)N2. The molecule has 1 aliphatic rings. The van der Waals surface area contributed by atoms with E-state index in [1.807, 2.05) is 24.1 Å². The van der Waals surface area contributed by atoms with Crippen LogP contribution in [0.3, 0.4) is 0 Å². The summed E-state index contributed by atoms with van der Waals surface area (Å²) >= 11 is 0. The molecule has 0 spiro atoms. The van der Waals surface area contributed by atoms with E-state index in [4.69, 9.17) is 5.73 Å². The van der Waals surface area contributed by atoms with Crippen LogP contribution in [-0.2, 0) is 11.2 Å². The average molecular weight is 249 g/mol. The van der Waals surface area contributed by atoms with E-state index in [0.717, 1.165) is 16.9 Å². The first-order chi connectivity index (χ1) is 8.26. The van der Waals surface area contributed by atoms with E-state index in [-0.39, 0.29) is 5.91 Å². The molecule has 1 heterocycles. The fourth-order valence-electron chi connectivity index (χ4n) is 2.28. The van der Waals surface area contributed by atoms with E-state index in [2.05, 4.69) is 5.32 Å². The molecule has 1 aliphatic heterocycles. The van der Waals surface area contributed by atoms with Crippen LogP contribution in [0.25, 0.3) is 0 Å². The first kappa shape index (κ1) is 12.7. The second-order valence-corrected chi connectivity index (χ2v) is 5.46. The lowest BCUT2D eigenvalue weighted by atomic mass is 10.1. The van der Waals surface area contributed by atoms with Crippen LogP contribution in [0.1, 0.15) is 19.4 Å². The first-order valence-electron chi connectivity index (χ1n) is 5.92. The zero-order valence-corrected chi connectivity index (χ0v) is 10.9. The molecule has 0 saturated carbocycles. The number of fused-ring (bicyclic) bond motifs is 1. The topological polar surface area (TPSA) is 78.6 Å². The highest BCUT2D eigenvalue weighted by molar-refractivity contribution is 6.00. The Morgan fingerprint density at radius 2 is 2.17 bits per heavy atom. The third-order valence-electron chi connectivity index (χ3n) is 2.91. The number of carbonyl (C=O) groups excluding carboxylic acids is 1. The Kier molecular flexibility index (Phi) is 2.94. The molecule has 0 aliphatic carbocycles. The van der Waals surface area contributed by atoms with Crippen molar-refractivity contribution in [2.75, 3.05) is 29.5 Å². The van der Waals surface area contributed by atoms with Crippen molar-refractivity contribution in [1.82, 2.24) is 0 Å². The molecule has 0 radical (unpaired) electrons. The number of nitrogens with two attached hydrogens (primary N) is 1. The number of hydrogen-bond donors (Lipinski definition) is 3. The Balaban J connectivity index is 2.30. The van der Waals surface area contributed by atoms with Crippen molar-refractivity contribution in [1.29, 1.82) is 0 Å². The van der Waals surface area contributed by atoms with Gasteiger partial charge in [0.1, 0.15) is 0 Å². The van der Waals surface area contributed by atoms with Crippen molar-refractivity contribution in [3.63, 3.8) is 0 Å². The molecule has 98 valence electrons. The van der Waals surface area contributed by atoms with Crippen LogP contribution in [0.2, 0.25) is 0 Å². The molecular weight excluding hydrogens is 230 g/mol. The molecule has 0 atom stereocenters. The Bertz CT molecular complexity index is 492. The molecule has 1 aromatic carbocycles. The normalized spacial score (nSPS) is 14.3. The van der Waals surface area contributed by atoms with E-state index in [9.17, 15) is 9.90 Å². The molecule has 0 aromatic heterocycles. The van der Waals surface area contributed by atoms with Gasteiger partial charge < -0.3 is 21.1 Å². The Hall–Kier alpha value is -1.75. The molecule has 0 fully saturated rings. The molecule has 0 unspecified atom stereocenters. The summed E-state index contributed by atoms with van der Waals surface area (Å²) in [6.07, 6.45) is 0.384. The van der Waals surface area contributed by atoms with Crippen molar-refractivity contribution in [2.45, 2.75) is 25.9 Å². The van der Waals surface area contributed by atoms with Gasteiger partial charge in [-0.2, -0.15) is 0 Å². The fraction of sp³-hybridized carbons (Fsp3) is 0.462. The Labute approximate surface area is 107 Å². The summed E-state index contributed by atoms with van der Waals surface area (Å²) in [6.45, 7) is 3.95. The van der Waals surface area contributed by atoms with Crippen molar-refractivity contribution in [3.05, 3.63) is 17.7 Å². The van der Waals surface area contributed by atoms with Gasteiger partial charge in [0, 0.05) is 19.3 Å². The maximum atomic E-state index is 11.3. The van der Waals surface area contributed by atoms with E-state index in [1.54, 1.807) is 13.8 Å². The van der Waals surface area contributed by atoms with Gasteiger partial charge in [0.25, 0.3) is 0 Å². The van der Waals surface area contributed by atoms with E-state index in [0.29, 0.717) is 18.7 Å². The van der Waals surface area contributed by atoms with Gasteiger partial charge in [-0.05, 0) is 31.5 Å². The Morgan fingerprint density at radius 3 is 2.78 bits per heavy atom. The van der Waals surface area contributed by atoms with Crippen LogP contribution in [-0.4, -0.2) is 30.2 Å². The minimum atomic E-state index is -0.802. The van der Waals surface area contributed by atoms with E-state index >= 15 is 0 Å². The highest BCUT2D eigenvalue weighted by Gasteiger charge is 2.22. The molecule has 0 saturated heterocycles. The van der Waals surface area contributed by atoms with Gasteiger partial charge in [-0.25, -0.2) is 0 Å². The summed E-state index contributed by atoms with van der Waals surface area (Å²) in [4.78, 5) is 13.2. The predicted octanol–water partition coefficient (Wildman–Crippen LogP) is 0.970. The third-order valence-corrected chi connectivity index (χ3v) is 2.91. The average Bonchev–Trinajstić information content (AvgIpc) is 2.53. The number of aliphatic hydroxyl groups is 1. The van der Waals surface area contributed by atoms with Crippen LogP contribution >= 0.6 is 0 Å².